The fourth-order valence-corrected chi connectivity index (χ4v) is 10.4. The number of aromatic nitrogens is 6. The lowest BCUT2D eigenvalue weighted by atomic mass is 9.92. The van der Waals surface area contributed by atoms with Gasteiger partial charge in [-0.15, -0.1) is 0 Å². The Morgan fingerprint density at radius 1 is 0.505 bits per heavy atom. The van der Waals surface area contributed by atoms with E-state index in [2.05, 4.69) is 78.1 Å². The summed E-state index contributed by atoms with van der Waals surface area (Å²) in [5.41, 5.74) is 14.2. The van der Waals surface area contributed by atoms with Crippen molar-refractivity contribution >= 4 is 91.3 Å². The smallest absolute Gasteiger partial charge is 0.324 e. The Kier molecular flexibility index (Phi) is 21.6. The molecule has 22 nitrogen and oxygen atoms in total. The summed E-state index contributed by atoms with van der Waals surface area (Å²) in [6, 6.07) is 49.1. The Morgan fingerprint density at radius 2 is 0.926 bits per heavy atom. The van der Waals surface area contributed by atoms with Crippen molar-refractivity contribution in [3.63, 3.8) is 0 Å². The quantitative estimate of drug-likeness (QED) is 0.0464. The average Bonchev–Trinajstić information content (AvgIpc) is 1.80. The van der Waals surface area contributed by atoms with E-state index in [9.17, 15) is 19.2 Å². The van der Waals surface area contributed by atoms with Gasteiger partial charge in [-0.25, -0.2) is 33.7 Å². The summed E-state index contributed by atoms with van der Waals surface area (Å²) in [5.74, 6) is 3.43. The number of halogens is 1. The number of aryl methyl sites for hydroxylation is 2. The van der Waals surface area contributed by atoms with Crippen LogP contribution in [0.2, 0.25) is 0 Å². The van der Waals surface area contributed by atoms with Gasteiger partial charge in [0.15, 0.2) is 0 Å². The third-order valence-electron chi connectivity index (χ3n) is 15.5. The molecule has 492 valence electrons. The van der Waals surface area contributed by atoms with Crippen molar-refractivity contribution in [1.29, 1.82) is 0 Å². The van der Waals surface area contributed by atoms with E-state index in [4.69, 9.17) is 46.5 Å². The van der Waals surface area contributed by atoms with E-state index in [1.807, 2.05) is 159 Å². The Labute approximate surface area is 557 Å². The molecule has 12 rings (SSSR count). The molecule has 0 radical (unpaired) electrons. The van der Waals surface area contributed by atoms with Crippen molar-refractivity contribution in [3.05, 3.63) is 204 Å². The third-order valence-corrected chi connectivity index (χ3v) is 15.8. The van der Waals surface area contributed by atoms with Gasteiger partial charge in [0.05, 0.1) is 60.6 Å². The number of hydrogen-bond donors (Lipinski definition) is 6. The lowest BCUT2D eigenvalue weighted by molar-refractivity contribution is 0.0564. The maximum atomic E-state index is 13.4. The number of pyridine rings is 2. The molecular formula is C72H79ClN14O8. The van der Waals surface area contributed by atoms with E-state index in [0.29, 0.717) is 105 Å². The lowest BCUT2D eigenvalue weighted by Crippen LogP contribution is -2.43. The SMILES string of the molecule is Cc1ccc(-n2nc(C(C)(C)C)cc2NC(=O)Nc2ccc(OCc3ccnc(N)c3)c3ccccc23)cc1.Cc1ccc(-n2nc(C(C)(C)C)cc2NC(=O)Nc2ccc(OCc3ccnc(NC(=O)N4CCOCC4)c3)c3ccccc23)cc1.O=C(Cl)N1CCOCC1. The second-order valence-corrected chi connectivity index (χ2v) is 25.2. The summed E-state index contributed by atoms with van der Waals surface area (Å²) in [5, 5.41) is 27.5. The number of nitrogens with one attached hydrogen (secondary N) is 5. The van der Waals surface area contributed by atoms with Crippen LogP contribution in [0.1, 0.15) is 75.2 Å². The van der Waals surface area contributed by atoms with Crippen LogP contribution in [0.5, 0.6) is 11.5 Å². The molecular weight excluding hydrogens is 1220 g/mol. The first-order chi connectivity index (χ1) is 45.6. The number of benzene rings is 6. The van der Waals surface area contributed by atoms with Gasteiger partial charge in [0.2, 0.25) is 0 Å². The molecule has 0 bridgehead atoms. The fraction of sp³-hybridized carbons (Fsp3) is 0.278. The molecule has 0 aliphatic carbocycles. The molecule has 2 fully saturated rings. The maximum Gasteiger partial charge on any atom is 0.324 e. The van der Waals surface area contributed by atoms with E-state index >= 15 is 0 Å². The van der Waals surface area contributed by atoms with Crippen LogP contribution in [0, 0.1) is 13.8 Å². The van der Waals surface area contributed by atoms with Crippen molar-refractivity contribution < 1.29 is 38.1 Å². The zero-order chi connectivity index (χ0) is 67.2. The predicted octanol–water partition coefficient (Wildman–Crippen LogP) is 14.6. The highest BCUT2D eigenvalue weighted by molar-refractivity contribution is 6.62. The van der Waals surface area contributed by atoms with Gasteiger partial charge >= 0.3 is 23.5 Å². The van der Waals surface area contributed by atoms with Crippen LogP contribution in [0.3, 0.4) is 0 Å². The standard InChI is InChI=1S/C36H39N7O4.C31H32N6O2.C5H8ClNO2/c1-24-9-11-26(12-10-24)43-33(22-31(41-43)36(2,3)4)40-34(44)38-29-13-14-30(28-8-6-5-7-27(28)29)47-23-25-15-16-37-32(21-25)39-35(45)42-17-19-46-20-18-42;1-20-9-11-22(12-10-20)37-29(18-27(36-37)31(2,3)4)35-30(38)34-25-13-14-26(24-8-6-5-7-23(24)25)39-19-21-15-16-33-28(32)17-21;6-5(8)7-1-3-9-4-2-7/h5-16,21-22H,17-20,23H2,1-4H3,(H,37,39,45)(H2,38,40,44);5-18H,19H2,1-4H3,(H2,32,33)(H2,34,35,38);1-4H2. The summed E-state index contributed by atoms with van der Waals surface area (Å²) in [6.07, 6.45) is 3.31. The Balaban J connectivity index is 0.000000185. The van der Waals surface area contributed by atoms with E-state index in [-0.39, 0.29) is 40.9 Å². The predicted molar refractivity (Wildman–Crippen MR) is 374 cm³/mol. The van der Waals surface area contributed by atoms with Gasteiger partial charge in [0.25, 0.3) is 0 Å². The van der Waals surface area contributed by atoms with Crippen LogP contribution >= 0.6 is 11.6 Å². The molecule has 2 aliphatic rings. The summed E-state index contributed by atoms with van der Waals surface area (Å²) in [6.45, 7) is 21.9. The highest BCUT2D eigenvalue weighted by atomic mass is 35.5. The van der Waals surface area contributed by atoms with Crippen LogP contribution in [0.4, 0.5) is 53.8 Å². The molecule has 10 aromatic rings. The number of anilines is 6. The number of nitrogens with zero attached hydrogens (tertiary/aromatic N) is 8. The normalized spacial score (nSPS) is 13.1. The van der Waals surface area contributed by atoms with Gasteiger partial charge in [0.1, 0.15) is 48.0 Å². The van der Waals surface area contributed by atoms with E-state index < -0.39 is 0 Å². The number of carbonyl (C=O) groups excluding carboxylic acids is 4. The Morgan fingerprint density at radius 3 is 1.35 bits per heavy atom. The van der Waals surface area contributed by atoms with Crippen molar-refractivity contribution in [2.45, 2.75) is 79.4 Å². The molecule has 6 aromatic carbocycles. The minimum absolute atomic E-state index is 0.184. The van der Waals surface area contributed by atoms with Gasteiger partial charge in [0, 0.05) is 83.1 Å². The maximum absolute atomic E-state index is 13.4. The topological polar surface area (TPSA) is 259 Å². The van der Waals surface area contributed by atoms with Crippen molar-refractivity contribution in [1.82, 2.24) is 39.3 Å². The molecule has 7 amide bonds. The molecule has 6 heterocycles. The number of morpholine rings is 2. The molecule has 23 heteroatoms. The molecule has 0 spiro atoms. The molecule has 0 saturated carbocycles. The largest absolute Gasteiger partial charge is 0.488 e. The monoisotopic (exact) mass is 1300 g/mol. The molecule has 2 saturated heterocycles. The zero-order valence-corrected chi connectivity index (χ0v) is 55.3. The summed E-state index contributed by atoms with van der Waals surface area (Å²) < 4.78 is 26.2. The number of ether oxygens (including phenoxy) is 4. The number of carbonyl (C=O) groups is 4. The van der Waals surface area contributed by atoms with Gasteiger partial charge in [-0.1, -0.05) is 125 Å². The molecule has 0 unspecified atom stereocenters. The molecule has 0 atom stereocenters. The number of nitrogens with two attached hydrogens (primary N) is 1. The summed E-state index contributed by atoms with van der Waals surface area (Å²) >= 11 is 5.19. The fourth-order valence-electron chi connectivity index (χ4n) is 10.2. The Bertz CT molecular complexity index is 4320. The van der Waals surface area contributed by atoms with E-state index in [0.717, 1.165) is 66.6 Å². The van der Waals surface area contributed by atoms with E-state index in [1.54, 1.807) is 43.7 Å². The number of nitrogen functional groups attached to an aromatic ring is 1. The number of rotatable bonds is 13. The van der Waals surface area contributed by atoms with Crippen LogP contribution < -0.4 is 41.8 Å². The molecule has 2 aliphatic heterocycles. The first kappa shape index (κ1) is 67.3. The second-order valence-electron chi connectivity index (χ2n) is 24.9. The van der Waals surface area contributed by atoms with Crippen molar-refractivity contribution in [2.75, 3.05) is 84.9 Å². The van der Waals surface area contributed by atoms with Crippen LogP contribution in [-0.2, 0) is 33.5 Å². The number of urea groups is 3. The van der Waals surface area contributed by atoms with Gasteiger partial charge < -0.3 is 45.1 Å². The lowest BCUT2D eigenvalue weighted by Gasteiger charge is -2.26. The third kappa shape index (κ3) is 18.0. The summed E-state index contributed by atoms with van der Waals surface area (Å²) in [4.78, 5) is 61.2. The van der Waals surface area contributed by atoms with Crippen molar-refractivity contribution in [3.8, 4) is 22.9 Å². The van der Waals surface area contributed by atoms with Crippen LogP contribution in [0.25, 0.3) is 32.9 Å². The second kappa shape index (κ2) is 30.5. The summed E-state index contributed by atoms with van der Waals surface area (Å²) in [7, 11) is 0. The van der Waals surface area contributed by atoms with E-state index in [1.165, 1.54) is 0 Å². The number of fused-ring (bicyclic) bond motifs is 2. The van der Waals surface area contributed by atoms with Gasteiger partial charge in [-0.3, -0.25) is 20.7 Å². The first-order valence-electron chi connectivity index (χ1n) is 31.2. The minimum Gasteiger partial charge on any atom is -0.488 e. The number of amides is 7. The Hall–Kier alpha value is -10.6. The van der Waals surface area contributed by atoms with Crippen molar-refractivity contribution in [2.24, 2.45) is 0 Å². The van der Waals surface area contributed by atoms with Gasteiger partial charge in [-0.2, -0.15) is 10.2 Å². The van der Waals surface area contributed by atoms with Crippen LogP contribution in [0.15, 0.2) is 170 Å². The molecule has 95 heavy (non-hydrogen) atoms. The number of hydrogen-bond acceptors (Lipinski definition) is 13. The first-order valence-corrected chi connectivity index (χ1v) is 31.6. The van der Waals surface area contributed by atoms with Crippen LogP contribution in [-0.4, -0.2) is 115 Å². The molecule has 4 aromatic heterocycles. The minimum atomic E-state index is -0.388. The average molecular weight is 1300 g/mol. The zero-order valence-electron chi connectivity index (χ0n) is 54.5. The molecule has 7 N–H and O–H groups in total. The highest BCUT2D eigenvalue weighted by Crippen LogP contribution is 2.35. The van der Waals surface area contributed by atoms with Gasteiger partial charge in [-0.05, 0) is 109 Å². The highest BCUT2D eigenvalue weighted by Gasteiger charge is 2.25.